The topological polar surface area (TPSA) is 69.9 Å². The first-order valence-electron chi connectivity index (χ1n) is 8.05. The molecule has 6 nitrogen and oxygen atoms in total. The zero-order valence-corrected chi connectivity index (χ0v) is 14.2. The summed E-state index contributed by atoms with van der Waals surface area (Å²) in [4.78, 5) is 18.4. The van der Waals surface area contributed by atoms with Crippen molar-refractivity contribution in [3.8, 4) is 0 Å². The average molecular weight is 328 g/mol. The van der Waals surface area contributed by atoms with Gasteiger partial charge in [-0.3, -0.25) is 9.79 Å². The van der Waals surface area contributed by atoms with Gasteiger partial charge in [-0.1, -0.05) is 30.3 Å². The smallest absolute Gasteiger partial charge is 0.287 e. The summed E-state index contributed by atoms with van der Waals surface area (Å²) < 4.78 is 5.05. The molecule has 0 aliphatic heterocycles. The van der Waals surface area contributed by atoms with Crippen molar-refractivity contribution in [1.29, 1.82) is 0 Å². The maximum atomic E-state index is 11.8. The summed E-state index contributed by atoms with van der Waals surface area (Å²) in [7, 11) is 2.00. The average Bonchev–Trinajstić information content (AvgIpc) is 3.13. The molecule has 2 rings (SSSR count). The standard InChI is InChI=1S/C18H24N4O2/c1-3-19-18(22(2)14-15-8-5-4-6-9-15)21-12-11-20-17(23)16-10-7-13-24-16/h4-10,13H,3,11-12,14H2,1-2H3,(H,19,21)(H,20,23). The molecule has 0 radical (unpaired) electrons. The molecule has 1 aromatic heterocycles. The van der Waals surface area contributed by atoms with Crippen LogP contribution in [-0.4, -0.2) is 43.4 Å². The van der Waals surface area contributed by atoms with E-state index in [1.807, 2.05) is 32.2 Å². The largest absolute Gasteiger partial charge is 0.459 e. The maximum Gasteiger partial charge on any atom is 0.287 e. The molecule has 1 heterocycles. The molecule has 0 unspecified atom stereocenters. The molecule has 1 aromatic carbocycles. The second-order valence-electron chi connectivity index (χ2n) is 5.31. The summed E-state index contributed by atoms with van der Waals surface area (Å²) in [5.41, 5.74) is 1.22. The van der Waals surface area contributed by atoms with E-state index in [4.69, 9.17) is 4.42 Å². The van der Waals surface area contributed by atoms with Crippen LogP contribution in [0.5, 0.6) is 0 Å². The van der Waals surface area contributed by atoms with Crippen molar-refractivity contribution in [3.63, 3.8) is 0 Å². The minimum absolute atomic E-state index is 0.224. The predicted molar refractivity (Wildman–Crippen MR) is 94.9 cm³/mol. The Morgan fingerprint density at radius 1 is 1.17 bits per heavy atom. The Hall–Kier alpha value is -2.76. The van der Waals surface area contributed by atoms with Crippen LogP contribution < -0.4 is 10.6 Å². The third-order valence-corrected chi connectivity index (χ3v) is 3.36. The fourth-order valence-corrected chi connectivity index (χ4v) is 2.23. The predicted octanol–water partition coefficient (Wildman–Crippen LogP) is 2.11. The van der Waals surface area contributed by atoms with Crippen LogP contribution in [0.3, 0.4) is 0 Å². The Kier molecular flexibility index (Phi) is 6.89. The van der Waals surface area contributed by atoms with Gasteiger partial charge in [-0.05, 0) is 24.6 Å². The molecule has 2 N–H and O–H groups in total. The lowest BCUT2D eigenvalue weighted by atomic mass is 10.2. The zero-order valence-electron chi connectivity index (χ0n) is 14.2. The van der Waals surface area contributed by atoms with Gasteiger partial charge in [-0.2, -0.15) is 0 Å². The van der Waals surface area contributed by atoms with Crippen LogP contribution in [0.2, 0.25) is 0 Å². The van der Waals surface area contributed by atoms with Gasteiger partial charge in [0.25, 0.3) is 5.91 Å². The normalized spacial score (nSPS) is 11.2. The highest BCUT2D eigenvalue weighted by Crippen LogP contribution is 2.03. The summed E-state index contributed by atoms with van der Waals surface area (Å²) in [6.45, 7) is 4.54. The SMILES string of the molecule is CCNC(=NCCNC(=O)c1ccco1)N(C)Cc1ccccc1. The second-order valence-corrected chi connectivity index (χ2v) is 5.31. The monoisotopic (exact) mass is 328 g/mol. The molecule has 0 spiro atoms. The number of rotatable bonds is 7. The van der Waals surface area contributed by atoms with Gasteiger partial charge >= 0.3 is 0 Å². The number of hydrogen-bond donors (Lipinski definition) is 2. The van der Waals surface area contributed by atoms with Crippen molar-refractivity contribution < 1.29 is 9.21 Å². The lowest BCUT2D eigenvalue weighted by molar-refractivity contribution is 0.0927. The van der Waals surface area contributed by atoms with Crippen molar-refractivity contribution in [2.45, 2.75) is 13.5 Å². The number of carbonyl (C=O) groups excluding carboxylic acids is 1. The lowest BCUT2D eigenvalue weighted by Crippen LogP contribution is -2.39. The fourth-order valence-electron chi connectivity index (χ4n) is 2.23. The third kappa shape index (κ3) is 5.46. The van der Waals surface area contributed by atoms with Gasteiger partial charge in [0.1, 0.15) is 0 Å². The van der Waals surface area contributed by atoms with Crippen LogP contribution >= 0.6 is 0 Å². The summed E-state index contributed by atoms with van der Waals surface area (Å²) >= 11 is 0. The molecule has 0 saturated heterocycles. The van der Waals surface area contributed by atoms with Crippen molar-refractivity contribution >= 4 is 11.9 Å². The van der Waals surface area contributed by atoms with E-state index in [2.05, 4.69) is 32.7 Å². The Bertz CT molecular complexity index is 638. The highest BCUT2D eigenvalue weighted by atomic mass is 16.3. The first-order valence-corrected chi connectivity index (χ1v) is 8.05. The zero-order chi connectivity index (χ0) is 17.2. The Morgan fingerprint density at radius 2 is 1.96 bits per heavy atom. The van der Waals surface area contributed by atoms with Gasteiger partial charge in [0, 0.05) is 26.7 Å². The molecular weight excluding hydrogens is 304 g/mol. The Balaban J connectivity index is 1.84. The van der Waals surface area contributed by atoms with Crippen LogP contribution in [0, 0.1) is 0 Å². The van der Waals surface area contributed by atoms with Crippen molar-refractivity contribution in [2.24, 2.45) is 4.99 Å². The number of amides is 1. The summed E-state index contributed by atoms with van der Waals surface area (Å²) in [6, 6.07) is 13.6. The van der Waals surface area contributed by atoms with Crippen LogP contribution in [0.1, 0.15) is 23.0 Å². The minimum atomic E-state index is -0.224. The molecule has 2 aromatic rings. The van der Waals surface area contributed by atoms with Crippen LogP contribution in [0.4, 0.5) is 0 Å². The Labute approximate surface area is 142 Å². The first kappa shape index (κ1) is 17.6. The molecule has 6 heteroatoms. The van der Waals surface area contributed by atoms with Gasteiger partial charge in [-0.25, -0.2) is 0 Å². The van der Waals surface area contributed by atoms with E-state index in [-0.39, 0.29) is 5.91 Å². The van der Waals surface area contributed by atoms with Gasteiger partial charge in [0.15, 0.2) is 11.7 Å². The number of nitrogens with one attached hydrogen (secondary N) is 2. The van der Waals surface area contributed by atoms with Gasteiger partial charge in [-0.15, -0.1) is 0 Å². The van der Waals surface area contributed by atoms with Crippen molar-refractivity contribution in [3.05, 3.63) is 60.1 Å². The van der Waals surface area contributed by atoms with E-state index in [1.165, 1.54) is 11.8 Å². The number of aliphatic imine (C=N–C) groups is 1. The van der Waals surface area contributed by atoms with E-state index in [0.29, 0.717) is 18.8 Å². The van der Waals surface area contributed by atoms with Crippen molar-refractivity contribution in [1.82, 2.24) is 15.5 Å². The number of benzene rings is 1. The number of guanidine groups is 1. The molecule has 0 bridgehead atoms. The molecule has 0 aliphatic rings. The van der Waals surface area contributed by atoms with E-state index in [0.717, 1.165) is 19.0 Å². The van der Waals surface area contributed by atoms with Crippen LogP contribution in [0.25, 0.3) is 0 Å². The van der Waals surface area contributed by atoms with Crippen LogP contribution in [-0.2, 0) is 6.54 Å². The van der Waals surface area contributed by atoms with Crippen LogP contribution in [0.15, 0.2) is 58.1 Å². The first-order chi connectivity index (χ1) is 11.7. The fraction of sp³-hybridized carbons (Fsp3) is 0.333. The molecule has 128 valence electrons. The van der Waals surface area contributed by atoms with E-state index in [9.17, 15) is 4.79 Å². The number of furan rings is 1. The van der Waals surface area contributed by atoms with Gasteiger partial charge in [0.2, 0.25) is 0 Å². The molecule has 1 amide bonds. The lowest BCUT2D eigenvalue weighted by Gasteiger charge is -2.22. The van der Waals surface area contributed by atoms with Crippen molar-refractivity contribution in [2.75, 3.05) is 26.7 Å². The van der Waals surface area contributed by atoms with E-state index >= 15 is 0 Å². The second kappa shape index (κ2) is 9.39. The molecule has 0 aliphatic carbocycles. The molecular formula is C18H24N4O2. The Morgan fingerprint density at radius 3 is 2.62 bits per heavy atom. The number of carbonyl (C=O) groups is 1. The number of nitrogens with zero attached hydrogens (tertiary/aromatic N) is 2. The third-order valence-electron chi connectivity index (χ3n) is 3.36. The summed E-state index contributed by atoms with van der Waals surface area (Å²) in [6.07, 6.45) is 1.48. The summed E-state index contributed by atoms with van der Waals surface area (Å²) in [5.74, 6) is 0.901. The maximum absolute atomic E-state index is 11.8. The highest BCUT2D eigenvalue weighted by Gasteiger charge is 2.08. The molecule has 0 atom stereocenters. The van der Waals surface area contributed by atoms with E-state index in [1.54, 1.807) is 12.1 Å². The molecule has 0 fully saturated rings. The minimum Gasteiger partial charge on any atom is -0.459 e. The van der Waals surface area contributed by atoms with E-state index < -0.39 is 0 Å². The quantitative estimate of drug-likeness (QED) is 0.464. The summed E-state index contributed by atoms with van der Waals surface area (Å²) in [5, 5.41) is 6.05. The van der Waals surface area contributed by atoms with Gasteiger partial charge < -0.3 is 20.0 Å². The number of hydrogen-bond acceptors (Lipinski definition) is 3. The molecule has 24 heavy (non-hydrogen) atoms. The van der Waals surface area contributed by atoms with Gasteiger partial charge in [0.05, 0.1) is 12.8 Å². The highest BCUT2D eigenvalue weighted by molar-refractivity contribution is 5.91. The molecule has 0 saturated carbocycles.